The predicted molar refractivity (Wildman–Crippen MR) is 107 cm³/mol. The number of anilines is 1. The van der Waals surface area contributed by atoms with Crippen LogP contribution in [0.1, 0.15) is 23.6 Å². The number of hydrogen-bond donors (Lipinski definition) is 1. The van der Waals surface area contributed by atoms with Gasteiger partial charge in [0.25, 0.3) is 0 Å². The van der Waals surface area contributed by atoms with Gasteiger partial charge in [0.2, 0.25) is 11.8 Å². The van der Waals surface area contributed by atoms with Crippen LogP contribution < -0.4 is 5.32 Å². The topological polar surface area (TPSA) is 62.6 Å². The largest absolute Gasteiger partial charge is 0.464 e. The Kier molecular flexibility index (Phi) is 6.14. The molecule has 3 rings (SSSR count). The van der Waals surface area contributed by atoms with E-state index in [9.17, 15) is 22.8 Å². The second kappa shape index (κ2) is 8.61. The summed E-state index contributed by atoms with van der Waals surface area (Å²) in [7, 11) is 0. The molecule has 1 aromatic heterocycles. The molecule has 0 aliphatic heterocycles. The van der Waals surface area contributed by atoms with Crippen molar-refractivity contribution in [1.82, 2.24) is 4.90 Å². The fourth-order valence-corrected chi connectivity index (χ4v) is 3.18. The van der Waals surface area contributed by atoms with Gasteiger partial charge >= 0.3 is 6.18 Å². The van der Waals surface area contributed by atoms with Crippen molar-refractivity contribution in [2.24, 2.45) is 0 Å². The summed E-state index contributed by atoms with van der Waals surface area (Å²) in [5.74, 6) is -1.02. The molecular weight excluding hydrogens is 397 g/mol. The zero-order chi connectivity index (χ0) is 21.9. The second-order valence-corrected chi connectivity index (χ2v) is 6.94. The number of nitrogens with one attached hydrogen (secondary N) is 1. The Morgan fingerprint density at radius 2 is 1.87 bits per heavy atom. The Morgan fingerprint density at radius 1 is 1.13 bits per heavy atom. The summed E-state index contributed by atoms with van der Waals surface area (Å²) in [4.78, 5) is 26.3. The number of likely N-dealkylation sites (N-methyl/N-ethyl adjacent to an activating group) is 1. The van der Waals surface area contributed by atoms with Crippen molar-refractivity contribution in [1.29, 1.82) is 0 Å². The summed E-state index contributed by atoms with van der Waals surface area (Å²) in [6, 6.07) is 10.4. The Labute approximate surface area is 171 Å². The van der Waals surface area contributed by atoms with Crippen molar-refractivity contribution in [2.45, 2.75) is 26.4 Å². The van der Waals surface area contributed by atoms with Gasteiger partial charge < -0.3 is 14.6 Å². The molecule has 2 amide bonds. The lowest BCUT2D eigenvalue weighted by Gasteiger charge is -2.21. The van der Waals surface area contributed by atoms with Gasteiger partial charge in [0.05, 0.1) is 30.5 Å². The van der Waals surface area contributed by atoms with Crippen LogP contribution in [0.25, 0.3) is 11.0 Å². The van der Waals surface area contributed by atoms with E-state index in [0.29, 0.717) is 11.1 Å². The number of para-hydroxylation sites is 1. The van der Waals surface area contributed by atoms with E-state index in [1.807, 2.05) is 25.1 Å². The van der Waals surface area contributed by atoms with E-state index in [2.05, 4.69) is 5.32 Å². The van der Waals surface area contributed by atoms with E-state index in [1.165, 1.54) is 29.4 Å². The molecule has 1 N–H and O–H groups in total. The molecule has 0 aliphatic rings. The van der Waals surface area contributed by atoms with Crippen molar-refractivity contribution in [3.8, 4) is 0 Å². The highest BCUT2D eigenvalue weighted by Gasteiger charge is 2.33. The van der Waals surface area contributed by atoms with Gasteiger partial charge in [0.15, 0.2) is 0 Å². The Morgan fingerprint density at radius 3 is 2.57 bits per heavy atom. The average Bonchev–Trinajstić information content (AvgIpc) is 3.07. The first-order valence-corrected chi connectivity index (χ1v) is 9.39. The number of furan rings is 1. The maximum absolute atomic E-state index is 13.1. The summed E-state index contributed by atoms with van der Waals surface area (Å²) in [6.07, 6.45) is -3.06. The summed E-state index contributed by atoms with van der Waals surface area (Å²) < 4.78 is 44.8. The Balaban J connectivity index is 1.69. The fourth-order valence-electron chi connectivity index (χ4n) is 3.18. The normalized spacial score (nSPS) is 11.5. The molecule has 0 fully saturated rings. The molecular formula is C22H21F3N2O3. The van der Waals surface area contributed by atoms with Crippen LogP contribution >= 0.6 is 0 Å². The van der Waals surface area contributed by atoms with E-state index >= 15 is 0 Å². The number of benzene rings is 2. The van der Waals surface area contributed by atoms with Gasteiger partial charge in [-0.2, -0.15) is 13.2 Å². The van der Waals surface area contributed by atoms with Crippen LogP contribution in [0.3, 0.4) is 0 Å². The van der Waals surface area contributed by atoms with Gasteiger partial charge in [-0.05, 0) is 37.6 Å². The van der Waals surface area contributed by atoms with Crippen LogP contribution in [0.5, 0.6) is 0 Å². The molecule has 0 radical (unpaired) electrons. The second-order valence-electron chi connectivity index (χ2n) is 6.94. The van der Waals surface area contributed by atoms with Gasteiger partial charge in [-0.1, -0.05) is 24.3 Å². The third-order valence-electron chi connectivity index (χ3n) is 4.73. The zero-order valence-electron chi connectivity index (χ0n) is 16.5. The van der Waals surface area contributed by atoms with Crippen LogP contribution in [0.4, 0.5) is 18.9 Å². The van der Waals surface area contributed by atoms with Crippen molar-refractivity contribution in [3.63, 3.8) is 0 Å². The van der Waals surface area contributed by atoms with Crippen molar-refractivity contribution in [3.05, 3.63) is 65.4 Å². The Bertz CT molecular complexity index is 1070. The lowest BCUT2D eigenvalue weighted by Crippen LogP contribution is -2.38. The van der Waals surface area contributed by atoms with Gasteiger partial charge in [-0.25, -0.2) is 0 Å². The Hall–Kier alpha value is -3.29. The van der Waals surface area contributed by atoms with Crippen molar-refractivity contribution >= 4 is 28.5 Å². The maximum atomic E-state index is 13.1. The van der Waals surface area contributed by atoms with E-state index in [4.69, 9.17) is 4.42 Å². The fraction of sp³-hybridized carbons (Fsp3) is 0.273. The number of hydrogen-bond acceptors (Lipinski definition) is 3. The number of alkyl halides is 3. The van der Waals surface area contributed by atoms with Crippen molar-refractivity contribution < 1.29 is 27.2 Å². The molecule has 0 aliphatic carbocycles. The van der Waals surface area contributed by atoms with E-state index in [0.717, 1.165) is 17.0 Å². The molecule has 0 unspecified atom stereocenters. The molecule has 0 spiro atoms. The molecule has 3 aromatic rings. The van der Waals surface area contributed by atoms with Crippen molar-refractivity contribution in [2.75, 3.05) is 18.4 Å². The smallest absolute Gasteiger partial charge is 0.418 e. The quantitative estimate of drug-likeness (QED) is 0.626. The molecule has 0 saturated heterocycles. The number of fused-ring (bicyclic) bond motifs is 1. The maximum Gasteiger partial charge on any atom is 0.418 e. The zero-order valence-corrected chi connectivity index (χ0v) is 16.5. The average molecular weight is 418 g/mol. The molecule has 1 heterocycles. The first-order valence-electron chi connectivity index (χ1n) is 9.39. The number of aryl methyl sites for hydroxylation is 1. The molecule has 0 bridgehead atoms. The van der Waals surface area contributed by atoms with Gasteiger partial charge in [-0.3, -0.25) is 9.59 Å². The summed E-state index contributed by atoms with van der Waals surface area (Å²) >= 11 is 0. The molecule has 0 saturated carbocycles. The number of nitrogens with zero attached hydrogens (tertiary/aromatic N) is 1. The van der Waals surface area contributed by atoms with Gasteiger partial charge in [0, 0.05) is 17.5 Å². The lowest BCUT2D eigenvalue weighted by molar-refractivity contribution is -0.137. The van der Waals surface area contributed by atoms with Crippen LogP contribution in [0.15, 0.2) is 53.1 Å². The SMILES string of the molecule is CCN(CC(=O)Nc1ccccc1C(F)(F)F)C(=O)Cc1coc2cc(C)ccc12. The molecule has 2 aromatic carbocycles. The highest BCUT2D eigenvalue weighted by Crippen LogP contribution is 2.34. The number of amides is 2. The highest BCUT2D eigenvalue weighted by molar-refractivity contribution is 5.96. The van der Waals surface area contributed by atoms with Crippen LogP contribution in [-0.4, -0.2) is 29.8 Å². The summed E-state index contributed by atoms with van der Waals surface area (Å²) in [5.41, 5.74) is 1.11. The number of carbonyl (C=O) groups excluding carboxylic acids is 2. The minimum Gasteiger partial charge on any atom is -0.464 e. The minimum atomic E-state index is -4.59. The monoisotopic (exact) mass is 418 g/mol. The summed E-state index contributed by atoms with van der Waals surface area (Å²) in [5, 5.41) is 3.07. The highest BCUT2D eigenvalue weighted by atomic mass is 19.4. The molecule has 5 nitrogen and oxygen atoms in total. The number of carbonyl (C=O) groups is 2. The van der Waals surface area contributed by atoms with Gasteiger partial charge in [-0.15, -0.1) is 0 Å². The molecule has 0 atom stereocenters. The third kappa shape index (κ3) is 4.82. The van der Waals surface area contributed by atoms with Crippen LogP contribution in [0, 0.1) is 6.92 Å². The minimum absolute atomic E-state index is 0.0241. The lowest BCUT2D eigenvalue weighted by atomic mass is 10.1. The standard InChI is InChI=1S/C22H21F3N2O3/c1-3-27(12-20(28)26-18-7-5-4-6-17(18)22(23,24)25)21(29)11-15-13-30-19-10-14(2)8-9-16(15)19/h4-10,13H,3,11-12H2,1-2H3,(H,26,28). The predicted octanol–water partition coefficient (Wildman–Crippen LogP) is 4.79. The van der Waals surface area contributed by atoms with Crippen LogP contribution in [-0.2, 0) is 22.2 Å². The van der Waals surface area contributed by atoms with Crippen LogP contribution in [0.2, 0.25) is 0 Å². The van der Waals surface area contributed by atoms with E-state index in [1.54, 1.807) is 6.92 Å². The van der Waals surface area contributed by atoms with Gasteiger partial charge in [0.1, 0.15) is 5.58 Å². The number of halogens is 3. The third-order valence-corrected chi connectivity index (χ3v) is 4.73. The first kappa shape index (κ1) is 21.4. The number of rotatable bonds is 6. The molecule has 8 heteroatoms. The van der Waals surface area contributed by atoms with E-state index < -0.39 is 17.6 Å². The molecule has 30 heavy (non-hydrogen) atoms. The first-order chi connectivity index (χ1) is 14.2. The molecule has 158 valence electrons. The summed E-state index contributed by atoms with van der Waals surface area (Å²) in [6.45, 7) is 3.52. The van der Waals surface area contributed by atoms with E-state index in [-0.39, 0.29) is 31.1 Å².